The van der Waals surface area contributed by atoms with E-state index in [4.69, 9.17) is 4.74 Å². The van der Waals surface area contributed by atoms with Crippen LogP contribution >= 0.6 is 0 Å². The van der Waals surface area contributed by atoms with E-state index in [1.54, 1.807) is 11.0 Å². The number of nitrogens with zero attached hydrogens (tertiary/aromatic N) is 1. The van der Waals surface area contributed by atoms with Gasteiger partial charge in [0.25, 0.3) is 0 Å². The summed E-state index contributed by atoms with van der Waals surface area (Å²) < 4.78 is 5.49. The van der Waals surface area contributed by atoms with E-state index >= 15 is 0 Å². The maximum absolute atomic E-state index is 12.2. The van der Waals surface area contributed by atoms with Crippen molar-refractivity contribution < 1.29 is 14.3 Å². The van der Waals surface area contributed by atoms with Crippen molar-refractivity contribution in [2.45, 2.75) is 33.7 Å². The molecule has 0 atom stereocenters. The molecule has 0 unspecified atom stereocenters. The van der Waals surface area contributed by atoms with E-state index in [9.17, 15) is 9.59 Å². The van der Waals surface area contributed by atoms with Gasteiger partial charge in [0, 0.05) is 6.04 Å². The summed E-state index contributed by atoms with van der Waals surface area (Å²) in [6, 6.07) is 7.39. The molecule has 0 radical (unpaired) electrons. The highest BCUT2D eigenvalue weighted by Gasteiger charge is 2.14. The van der Waals surface area contributed by atoms with E-state index in [0.29, 0.717) is 24.6 Å². The van der Waals surface area contributed by atoms with Crippen LogP contribution in [0.3, 0.4) is 0 Å². The fraction of sp³-hybridized carbons (Fsp3) is 0.529. The Kier molecular flexibility index (Phi) is 8.11. The third-order valence-electron chi connectivity index (χ3n) is 3.09. The van der Waals surface area contributed by atoms with Crippen LogP contribution in [0.1, 0.15) is 27.7 Å². The second-order valence-electron chi connectivity index (χ2n) is 5.50. The van der Waals surface area contributed by atoms with Gasteiger partial charge in [0.05, 0.1) is 25.4 Å². The standard InChI is InChI=1S/C17H27N3O3/c1-5-20(11-16(21)18-13(3)4)12-17(22)19-14-9-7-8-10-15(14)23-6-2/h7-10,13H,5-6,11-12H2,1-4H3,(H,18,21)(H,19,22). The largest absolute Gasteiger partial charge is 0.492 e. The quantitative estimate of drug-likeness (QED) is 0.728. The Labute approximate surface area is 138 Å². The van der Waals surface area contributed by atoms with Gasteiger partial charge in [0.1, 0.15) is 5.75 Å². The Bertz CT molecular complexity index is 518. The van der Waals surface area contributed by atoms with E-state index < -0.39 is 0 Å². The van der Waals surface area contributed by atoms with Crippen LogP contribution in [-0.2, 0) is 9.59 Å². The number of carbonyl (C=O) groups excluding carboxylic acids is 2. The van der Waals surface area contributed by atoms with E-state index in [2.05, 4.69) is 10.6 Å². The Balaban J connectivity index is 2.58. The number of carbonyl (C=O) groups is 2. The van der Waals surface area contributed by atoms with Crippen LogP contribution in [0.4, 0.5) is 5.69 Å². The summed E-state index contributed by atoms with van der Waals surface area (Å²) in [5.74, 6) is 0.393. The average molecular weight is 321 g/mol. The van der Waals surface area contributed by atoms with Gasteiger partial charge in [-0.2, -0.15) is 0 Å². The van der Waals surface area contributed by atoms with Crippen LogP contribution in [0.15, 0.2) is 24.3 Å². The molecule has 0 aliphatic carbocycles. The average Bonchev–Trinajstić information content (AvgIpc) is 2.48. The highest BCUT2D eigenvalue weighted by molar-refractivity contribution is 5.94. The molecule has 0 fully saturated rings. The first-order valence-corrected chi connectivity index (χ1v) is 7.99. The molecule has 2 amide bonds. The Morgan fingerprint density at radius 3 is 2.39 bits per heavy atom. The molecule has 6 heteroatoms. The molecule has 1 aromatic carbocycles. The Morgan fingerprint density at radius 2 is 1.78 bits per heavy atom. The molecule has 0 saturated carbocycles. The lowest BCUT2D eigenvalue weighted by Gasteiger charge is -2.20. The smallest absolute Gasteiger partial charge is 0.238 e. The van der Waals surface area contributed by atoms with Crippen molar-refractivity contribution >= 4 is 17.5 Å². The van der Waals surface area contributed by atoms with Gasteiger partial charge in [-0.15, -0.1) is 0 Å². The number of hydrogen-bond acceptors (Lipinski definition) is 4. The molecule has 23 heavy (non-hydrogen) atoms. The lowest BCUT2D eigenvalue weighted by Crippen LogP contribution is -2.42. The molecule has 0 bridgehead atoms. The number of amides is 2. The van der Waals surface area contributed by atoms with Gasteiger partial charge in [-0.3, -0.25) is 14.5 Å². The van der Waals surface area contributed by atoms with Crippen LogP contribution in [0.2, 0.25) is 0 Å². The van der Waals surface area contributed by atoms with Gasteiger partial charge in [-0.05, 0) is 39.4 Å². The molecule has 128 valence electrons. The number of likely N-dealkylation sites (N-methyl/N-ethyl adjacent to an activating group) is 1. The number of ether oxygens (including phenoxy) is 1. The Morgan fingerprint density at radius 1 is 1.13 bits per heavy atom. The van der Waals surface area contributed by atoms with Gasteiger partial charge >= 0.3 is 0 Å². The monoisotopic (exact) mass is 321 g/mol. The zero-order valence-electron chi connectivity index (χ0n) is 14.4. The van der Waals surface area contributed by atoms with Crippen molar-refractivity contribution in [3.05, 3.63) is 24.3 Å². The first-order valence-electron chi connectivity index (χ1n) is 7.99. The lowest BCUT2D eigenvalue weighted by atomic mass is 10.3. The van der Waals surface area contributed by atoms with Crippen molar-refractivity contribution in [1.29, 1.82) is 0 Å². The SMILES string of the molecule is CCOc1ccccc1NC(=O)CN(CC)CC(=O)NC(C)C. The number of anilines is 1. The van der Waals surface area contributed by atoms with E-state index in [1.807, 2.05) is 45.9 Å². The third kappa shape index (κ3) is 7.15. The summed E-state index contributed by atoms with van der Waals surface area (Å²) >= 11 is 0. The van der Waals surface area contributed by atoms with Crippen LogP contribution in [0.5, 0.6) is 5.75 Å². The van der Waals surface area contributed by atoms with Gasteiger partial charge in [-0.25, -0.2) is 0 Å². The van der Waals surface area contributed by atoms with Crippen LogP contribution in [0, 0.1) is 0 Å². The molecule has 1 aromatic rings. The highest BCUT2D eigenvalue weighted by Crippen LogP contribution is 2.23. The minimum atomic E-state index is -0.170. The molecule has 0 saturated heterocycles. The molecule has 2 N–H and O–H groups in total. The molecule has 0 heterocycles. The number of benzene rings is 1. The molecular weight excluding hydrogens is 294 g/mol. The molecule has 0 aliphatic heterocycles. The van der Waals surface area contributed by atoms with Gasteiger partial charge in [0.2, 0.25) is 11.8 Å². The summed E-state index contributed by atoms with van der Waals surface area (Å²) in [7, 11) is 0. The predicted octanol–water partition coefficient (Wildman–Crippen LogP) is 1.87. The number of nitrogens with one attached hydrogen (secondary N) is 2. The normalized spacial score (nSPS) is 10.7. The third-order valence-corrected chi connectivity index (χ3v) is 3.09. The van der Waals surface area contributed by atoms with Crippen molar-refractivity contribution in [3.63, 3.8) is 0 Å². The van der Waals surface area contributed by atoms with Crippen molar-refractivity contribution in [2.24, 2.45) is 0 Å². The number of para-hydroxylation sites is 2. The Hall–Kier alpha value is -2.08. The summed E-state index contributed by atoms with van der Waals surface area (Å²) in [5, 5.41) is 5.66. The fourth-order valence-electron chi connectivity index (χ4n) is 2.09. The van der Waals surface area contributed by atoms with Gasteiger partial charge < -0.3 is 15.4 Å². The molecule has 6 nitrogen and oxygen atoms in total. The van der Waals surface area contributed by atoms with Crippen molar-refractivity contribution in [3.8, 4) is 5.75 Å². The van der Waals surface area contributed by atoms with Crippen LogP contribution in [0.25, 0.3) is 0 Å². The van der Waals surface area contributed by atoms with Crippen LogP contribution < -0.4 is 15.4 Å². The summed E-state index contributed by atoms with van der Waals surface area (Å²) in [5.41, 5.74) is 0.641. The maximum Gasteiger partial charge on any atom is 0.238 e. The van der Waals surface area contributed by atoms with Crippen molar-refractivity contribution in [2.75, 3.05) is 31.6 Å². The number of rotatable bonds is 9. The lowest BCUT2D eigenvalue weighted by molar-refractivity contribution is -0.123. The van der Waals surface area contributed by atoms with Gasteiger partial charge in [0.15, 0.2) is 0 Å². The fourth-order valence-corrected chi connectivity index (χ4v) is 2.09. The van der Waals surface area contributed by atoms with Crippen molar-refractivity contribution in [1.82, 2.24) is 10.2 Å². The van der Waals surface area contributed by atoms with E-state index in [-0.39, 0.29) is 30.9 Å². The molecule has 0 aromatic heterocycles. The summed E-state index contributed by atoms with van der Waals surface area (Å²) in [6.45, 7) is 9.14. The predicted molar refractivity (Wildman–Crippen MR) is 91.6 cm³/mol. The highest BCUT2D eigenvalue weighted by atomic mass is 16.5. The van der Waals surface area contributed by atoms with Gasteiger partial charge in [-0.1, -0.05) is 19.1 Å². The second-order valence-corrected chi connectivity index (χ2v) is 5.50. The molecule has 0 aliphatic rings. The number of hydrogen-bond donors (Lipinski definition) is 2. The zero-order chi connectivity index (χ0) is 17.2. The second kappa shape index (κ2) is 9.84. The topological polar surface area (TPSA) is 70.7 Å². The minimum absolute atomic E-state index is 0.0793. The first kappa shape index (κ1) is 19.0. The molecule has 1 rings (SSSR count). The van der Waals surface area contributed by atoms with Crippen LogP contribution in [-0.4, -0.2) is 49.0 Å². The maximum atomic E-state index is 12.2. The zero-order valence-corrected chi connectivity index (χ0v) is 14.4. The summed E-state index contributed by atoms with van der Waals surface area (Å²) in [6.07, 6.45) is 0. The molecular formula is C17H27N3O3. The first-order chi connectivity index (χ1) is 11.0. The summed E-state index contributed by atoms with van der Waals surface area (Å²) in [4.78, 5) is 25.8. The van der Waals surface area contributed by atoms with E-state index in [1.165, 1.54) is 0 Å². The molecule has 0 spiro atoms. The van der Waals surface area contributed by atoms with E-state index in [0.717, 1.165) is 0 Å². The minimum Gasteiger partial charge on any atom is -0.492 e.